The molecule has 12 heteroatoms. The topological polar surface area (TPSA) is 107 Å². The van der Waals surface area contributed by atoms with Gasteiger partial charge in [0.2, 0.25) is 5.88 Å². The fourth-order valence-electron chi connectivity index (χ4n) is 3.61. The minimum Gasteiger partial charge on any atom is -0.490 e. The molecule has 0 saturated carbocycles. The van der Waals surface area contributed by atoms with E-state index in [0.29, 0.717) is 41.6 Å². The number of sulfonamides is 1. The maximum atomic E-state index is 14.2. The Morgan fingerprint density at radius 3 is 2.51 bits per heavy atom. The van der Waals surface area contributed by atoms with E-state index in [1.54, 1.807) is 6.07 Å². The van der Waals surface area contributed by atoms with Crippen LogP contribution in [0.1, 0.15) is 5.69 Å². The van der Waals surface area contributed by atoms with Crippen molar-refractivity contribution in [3.63, 3.8) is 0 Å². The molecular weight excluding hydrogens is 504 g/mol. The molecule has 4 aromatic rings. The number of ether oxygens (including phenoxy) is 2. The highest BCUT2D eigenvalue weighted by atomic mass is 32.2. The molecule has 0 aliphatic heterocycles. The van der Waals surface area contributed by atoms with E-state index in [9.17, 15) is 17.2 Å². The molecule has 1 N–H and O–H groups in total. The molecule has 2 aromatic heterocycles. The summed E-state index contributed by atoms with van der Waals surface area (Å²) in [4.78, 5) is 14.1. The van der Waals surface area contributed by atoms with Gasteiger partial charge < -0.3 is 14.4 Å². The maximum absolute atomic E-state index is 14.2. The quantitative estimate of drug-likeness (QED) is 0.347. The van der Waals surface area contributed by atoms with Crippen molar-refractivity contribution in [3.05, 3.63) is 66.3 Å². The summed E-state index contributed by atoms with van der Waals surface area (Å²) in [5.41, 5.74) is 2.54. The Balaban J connectivity index is 1.78. The van der Waals surface area contributed by atoms with Gasteiger partial charge in [-0.15, -0.1) is 0 Å². The van der Waals surface area contributed by atoms with Crippen LogP contribution in [-0.4, -0.2) is 62.6 Å². The van der Waals surface area contributed by atoms with E-state index in [2.05, 4.69) is 19.7 Å². The molecule has 0 fully saturated rings. The summed E-state index contributed by atoms with van der Waals surface area (Å²) in [5.74, 6) is -1.61. The summed E-state index contributed by atoms with van der Waals surface area (Å²) in [6.07, 6.45) is 2.98. The highest BCUT2D eigenvalue weighted by molar-refractivity contribution is 7.92. The highest BCUT2D eigenvalue weighted by Gasteiger charge is 2.22. The summed E-state index contributed by atoms with van der Waals surface area (Å²) in [7, 11) is 0.778. The Labute approximate surface area is 213 Å². The molecule has 0 atom stereocenters. The number of methoxy groups -OCH3 is 1. The van der Waals surface area contributed by atoms with Gasteiger partial charge in [-0.1, -0.05) is 0 Å². The van der Waals surface area contributed by atoms with Crippen LogP contribution in [0.3, 0.4) is 0 Å². The molecule has 0 spiro atoms. The van der Waals surface area contributed by atoms with E-state index in [1.807, 2.05) is 32.0 Å². The van der Waals surface area contributed by atoms with E-state index in [-0.39, 0.29) is 11.6 Å². The van der Waals surface area contributed by atoms with Crippen molar-refractivity contribution in [2.24, 2.45) is 0 Å². The van der Waals surface area contributed by atoms with Crippen molar-refractivity contribution >= 4 is 26.6 Å². The molecule has 9 nitrogen and oxygen atoms in total. The van der Waals surface area contributed by atoms with Crippen molar-refractivity contribution in [3.8, 4) is 22.8 Å². The first-order chi connectivity index (χ1) is 17.6. The van der Waals surface area contributed by atoms with Crippen LogP contribution >= 0.6 is 0 Å². The van der Waals surface area contributed by atoms with E-state index >= 15 is 0 Å². The number of fused-ring (bicyclic) bond motifs is 1. The number of aryl methyl sites for hydroxylation is 1. The minimum absolute atomic E-state index is 0.0278. The van der Waals surface area contributed by atoms with E-state index in [1.165, 1.54) is 25.7 Å². The zero-order valence-corrected chi connectivity index (χ0v) is 21.4. The molecule has 4 rings (SSSR count). The normalized spacial score (nSPS) is 11.6. The van der Waals surface area contributed by atoms with Gasteiger partial charge in [0, 0.05) is 35.5 Å². The molecule has 0 amide bonds. The summed E-state index contributed by atoms with van der Waals surface area (Å²) < 4.78 is 66.9. The Bertz CT molecular complexity index is 1560. The van der Waals surface area contributed by atoms with Crippen molar-refractivity contribution < 1.29 is 26.7 Å². The lowest BCUT2D eigenvalue weighted by Crippen LogP contribution is -2.19. The van der Waals surface area contributed by atoms with E-state index in [4.69, 9.17) is 9.47 Å². The van der Waals surface area contributed by atoms with Gasteiger partial charge in [0.15, 0.2) is 0 Å². The first kappa shape index (κ1) is 26.2. The van der Waals surface area contributed by atoms with Crippen LogP contribution in [0.5, 0.6) is 11.6 Å². The molecule has 0 aliphatic carbocycles. The number of benzene rings is 2. The van der Waals surface area contributed by atoms with Crippen LogP contribution in [0.2, 0.25) is 0 Å². The molecule has 194 valence electrons. The summed E-state index contributed by atoms with van der Waals surface area (Å²) in [6.45, 7) is 2.95. The van der Waals surface area contributed by atoms with Crippen molar-refractivity contribution in [2.45, 2.75) is 11.8 Å². The lowest BCUT2D eigenvalue weighted by atomic mass is 10.0. The smallest absolute Gasteiger partial charge is 0.264 e. The Kier molecular flexibility index (Phi) is 7.50. The van der Waals surface area contributed by atoms with Crippen LogP contribution in [0.4, 0.5) is 14.5 Å². The summed E-state index contributed by atoms with van der Waals surface area (Å²) in [6, 6.07) is 7.35. The number of pyridine rings is 1. The van der Waals surface area contributed by atoms with Gasteiger partial charge in [0.05, 0.1) is 7.11 Å². The van der Waals surface area contributed by atoms with Gasteiger partial charge in [0.25, 0.3) is 10.0 Å². The van der Waals surface area contributed by atoms with E-state index in [0.717, 1.165) is 23.2 Å². The number of nitrogens with zero attached hydrogens (tertiary/aromatic N) is 4. The molecule has 37 heavy (non-hydrogen) atoms. The second-order valence-corrected chi connectivity index (χ2v) is 10.1. The number of rotatable bonds is 9. The molecule has 2 heterocycles. The number of halogens is 2. The number of hydrogen-bond donors (Lipinski definition) is 1. The Morgan fingerprint density at radius 1 is 1.03 bits per heavy atom. The third-order valence-electron chi connectivity index (χ3n) is 5.50. The highest BCUT2D eigenvalue weighted by Crippen LogP contribution is 2.35. The fraction of sp³-hybridized carbons (Fsp3) is 0.240. The summed E-state index contributed by atoms with van der Waals surface area (Å²) in [5, 5.41) is 0.756. The van der Waals surface area contributed by atoms with Gasteiger partial charge in [-0.2, -0.15) is 0 Å². The van der Waals surface area contributed by atoms with Crippen molar-refractivity contribution in [1.82, 2.24) is 19.9 Å². The van der Waals surface area contributed by atoms with Crippen LogP contribution in [0.15, 0.2) is 53.8 Å². The molecule has 0 aliphatic rings. The van der Waals surface area contributed by atoms with Crippen molar-refractivity contribution in [2.75, 3.05) is 39.1 Å². The predicted octanol–water partition coefficient (Wildman–Crippen LogP) is 4.03. The van der Waals surface area contributed by atoms with Crippen LogP contribution in [0, 0.1) is 18.6 Å². The third kappa shape index (κ3) is 5.75. The van der Waals surface area contributed by atoms with Crippen LogP contribution < -0.4 is 14.2 Å². The van der Waals surface area contributed by atoms with Gasteiger partial charge in [-0.25, -0.2) is 32.2 Å². The zero-order chi connectivity index (χ0) is 26.7. The maximum Gasteiger partial charge on any atom is 0.264 e. The fourth-order valence-corrected chi connectivity index (χ4v) is 4.72. The number of likely N-dealkylation sites (N-methyl/N-ethyl adjacent to an activating group) is 1. The number of nitrogens with one attached hydrogen (secondary N) is 1. The van der Waals surface area contributed by atoms with Gasteiger partial charge in [-0.05, 0) is 56.9 Å². The van der Waals surface area contributed by atoms with E-state index < -0.39 is 26.6 Å². The first-order valence-electron chi connectivity index (χ1n) is 11.1. The molecular formula is C25H25F2N5O4S. The Hall–Kier alpha value is -3.90. The average molecular weight is 530 g/mol. The number of aromatic nitrogens is 3. The minimum atomic E-state index is -4.42. The third-order valence-corrected chi connectivity index (χ3v) is 6.90. The van der Waals surface area contributed by atoms with Gasteiger partial charge in [-0.3, -0.25) is 4.72 Å². The Morgan fingerprint density at radius 2 is 1.81 bits per heavy atom. The molecule has 2 aromatic carbocycles. The molecule has 0 saturated heterocycles. The lowest BCUT2D eigenvalue weighted by molar-refractivity contribution is 0.263. The second kappa shape index (κ2) is 10.6. The second-order valence-electron chi connectivity index (χ2n) is 8.44. The number of anilines is 1. The monoisotopic (exact) mass is 529 g/mol. The molecule has 0 radical (unpaired) electrons. The molecule has 0 unspecified atom stereocenters. The standard InChI is InChI=1S/C25H25F2N5O4S/c1-15-19-9-16(11-22(24(19)30-14-29-15)36-8-7-32(2)3)17-10-21(25(35-4)28-13-17)31-37(33,34)23-6-5-18(26)12-20(23)27/h5-6,9-14,31H,7-8H2,1-4H3. The average Bonchev–Trinajstić information content (AvgIpc) is 2.83. The van der Waals surface area contributed by atoms with Crippen molar-refractivity contribution in [1.29, 1.82) is 0 Å². The van der Waals surface area contributed by atoms with Crippen LogP contribution in [-0.2, 0) is 10.0 Å². The largest absolute Gasteiger partial charge is 0.490 e. The van der Waals surface area contributed by atoms with Gasteiger partial charge in [0.1, 0.15) is 46.4 Å². The first-order valence-corrected chi connectivity index (χ1v) is 12.6. The van der Waals surface area contributed by atoms with Gasteiger partial charge >= 0.3 is 0 Å². The van der Waals surface area contributed by atoms with Crippen LogP contribution in [0.25, 0.3) is 22.0 Å². The summed E-state index contributed by atoms with van der Waals surface area (Å²) >= 11 is 0. The number of hydrogen-bond acceptors (Lipinski definition) is 8. The molecule has 0 bridgehead atoms. The predicted molar refractivity (Wildman–Crippen MR) is 135 cm³/mol. The zero-order valence-electron chi connectivity index (χ0n) is 20.6. The lowest BCUT2D eigenvalue weighted by Gasteiger charge is -2.16. The SMILES string of the molecule is COc1ncc(-c2cc(OCCN(C)C)c3ncnc(C)c3c2)cc1NS(=O)(=O)c1ccc(F)cc1F.